The summed E-state index contributed by atoms with van der Waals surface area (Å²) >= 11 is 0. The molecule has 0 amide bonds. The van der Waals surface area contributed by atoms with Crippen LogP contribution in [0.2, 0.25) is 0 Å². The first-order valence-corrected chi connectivity index (χ1v) is 8.63. The average molecular weight is 284 g/mol. The summed E-state index contributed by atoms with van der Waals surface area (Å²) in [6.07, 6.45) is 16.9. The first kappa shape index (κ1) is 13.5. The minimum Gasteiger partial charge on any atom is -0.369 e. The van der Waals surface area contributed by atoms with Gasteiger partial charge in [-0.25, -0.2) is 4.57 Å². The quantitative estimate of drug-likeness (QED) is 0.563. The van der Waals surface area contributed by atoms with Crippen LogP contribution in [0.25, 0.3) is 0 Å². The van der Waals surface area contributed by atoms with Gasteiger partial charge in [0, 0.05) is 23.5 Å². The van der Waals surface area contributed by atoms with E-state index in [2.05, 4.69) is 42.2 Å². The molecule has 0 aromatic carbocycles. The number of nitrogens with zero attached hydrogens (tertiary/aromatic N) is 1. The van der Waals surface area contributed by atoms with E-state index in [1.807, 2.05) is 0 Å². The Labute approximate surface area is 127 Å². The van der Waals surface area contributed by atoms with Crippen molar-refractivity contribution in [2.24, 2.45) is 18.9 Å². The van der Waals surface area contributed by atoms with Gasteiger partial charge in [-0.15, -0.1) is 0 Å². The number of pyridine rings is 1. The maximum absolute atomic E-state index is 6.65. The number of fused-ring (bicyclic) bond motifs is 3. The second-order valence-electron chi connectivity index (χ2n) is 7.03. The molecule has 1 saturated carbocycles. The largest absolute Gasteiger partial charge is 0.369 e. The highest BCUT2D eigenvalue weighted by atomic mass is 16.5. The van der Waals surface area contributed by atoms with Gasteiger partial charge in [0.25, 0.3) is 0 Å². The van der Waals surface area contributed by atoms with Crippen molar-refractivity contribution in [1.82, 2.24) is 0 Å². The highest BCUT2D eigenvalue weighted by molar-refractivity contribution is 5.25. The molecule has 0 bridgehead atoms. The normalized spacial score (nSPS) is 35.6. The lowest BCUT2D eigenvalue weighted by Crippen LogP contribution is -2.42. The minimum absolute atomic E-state index is 0.281. The molecule has 2 fully saturated rings. The molecule has 2 heteroatoms. The number of allylic oxidation sites excluding steroid dienone is 1. The summed E-state index contributed by atoms with van der Waals surface area (Å²) in [5.41, 5.74) is 3.11. The van der Waals surface area contributed by atoms with Crippen LogP contribution >= 0.6 is 0 Å². The molecule has 0 spiro atoms. The van der Waals surface area contributed by atoms with E-state index in [4.69, 9.17) is 4.74 Å². The highest BCUT2D eigenvalue weighted by Gasteiger charge is 2.43. The van der Waals surface area contributed by atoms with Crippen LogP contribution in [-0.4, -0.2) is 6.10 Å². The third kappa shape index (κ3) is 2.44. The van der Waals surface area contributed by atoms with Crippen molar-refractivity contribution < 1.29 is 9.30 Å². The van der Waals surface area contributed by atoms with Gasteiger partial charge in [0.2, 0.25) is 0 Å². The number of aromatic nitrogens is 1. The van der Waals surface area contributed by atoms with Crippen LogP contribution in [0.4, 0.5) is 0 Å². The maximum Gasteiger partial charge on any atom is 0.174 e. The molecule has 4 atom stereocenters. The number of hydrogen-bond acceptors (Lipinski definition) is 1. The summed E-state index contributed by atoms with van der Waals surface area (Å²) in [5, 5.41) is 0. The van der Waals surface area contributed by atoms with E-state index in [9.17, 15) is 0 Å². The SMILES string of the molecule is C[n+]1cccc([C@@H]2O[C@H]3CCCC[C@H]3C3=CCCC[C@@H]32)c1. The fourth-order valence-corrected chi connectivity index (χ4v) is 4.69. The molecule has 112 valence electrons. The van der Waals surface area contributed by atoms with Crippen LogP contribution in [0.3, 0.4) is 0 Å². The van der Waals surface area contributed by atoms with Gasteiger partial charge in [0.1, 0.15) is 7.05 Å². The molecule has 2 nitrogen and oxygen atoms in total. The Morgan fingerprint density at radius 2 is 1.95 bits per heavy atom. The lowest BCUT2D eigenvalue weighted by Gasteiger charge is -2.47. The Balaban J connectivity index is 1.70. The Bertz CT molecular complexity index is 550. The zero-order valence-corrected chi connectivity index (χ0v) is 13.0. The lowest BCUT2D eigenvalue weighted by atomic mass is 9.68. The number of hydrogen-bond donors (Lipinski definition) is 0. The molecule has 3 aliphatic rings. The van der Waals surface area contributed by atoms with Gasteiger partial charge in [-0.05, 0) is 38.2 Å². The van der Waals surface area contributed by atoms with Crippen molar-refractivity contribution >= 4 is 0 Å². The van der Waals surface area contributed by atoms with Crippen LogP contribution in [-0.2, 0) is 11.8 Å². The maximum atomic E-state index is 6.65. The molecular formula is C19H26NO+. The standard InChI is InChI=1S/C19H26NO/c1-20-12-6-7-14(13-20)19-17-10-3-2-8-15(17)16-9-4-5-11-18(16)21-19/h6-8,12-13,16-19H,2-5,9-11H2,1H3/q+1/t16-,17-,18-,19-/m0/s1. The van der Waals surface area contributed by atoms with Crippen LogP contribution in [0.15, 0.2) is 36.2 Å². The van der Waals surface area contributed by atoms with Crippen LogP contribution in [0, 0.1) is 11.8 Å². The average Bonchev–Trinajstić information content (AvgIpc) is 2.54. The molecule has 0 radical (unpaired) electrons. The van der Waals surface area contributed by atoms with Gasteiger partial charge in [-0.3, -0.25) is 0 Å². The van der Waals surface area contributed by atoms with Crippen molar-refractivity contribution in [3.8, 4) is 0 Å². The summed E-state index contributed by atoms with van der Waals surface area (Å²) in [4.78, 5) is 0. The van der Waals surface area contributed by atoms with Crippen molar-refractivity contribution in [3.63, 3.8) is 0 Å². The van der Waals surface area contributed by atoms with Gasteiger partial charge in [-0.1, -0.05) is 24.5 Å². The fraction of sp³-hybridized carbons (Fsp3) is 0.632. The molecule has 1 aromatic heterocycles. The number of rotatable bonds is 1. The molecule has 0 N–H and O–H groups in total. The summed E-state index contributed by atoms with van der Waals surface area (Å²) in [6, 6.07) is 4.40. The Morgan fingerprint density at radius 1 is 1.10 bits per heavy atom. The van der Waals surface area contributed by atoms with Crippen molar-refractivity contribution in [1.29, 1.82) is 0 Å². The van der Waals surface area contributed by atoms with Gasteiger partial charge < -0.3 is 4.74 Å². The second-order valence-corrected chi connectivity index (χ2v) is 7.03. The number of ether oxygens (including phenoxy) is 1. The van der Waals surface area contributed by atoms with Gasteiger partial charge in [-0.2, -0.15) is 0 Å². The zero-order chi connectivity index (χ0) is 14.2. The Kier molecular flexibility index (Phi) is 3.58. The van der Waals surface area contributed by atoms with E-state index in [1.165, 1.54) is 50.5 Å². The first-order chi connectivity index (χ1) is 10.3. The highest BCUT2D eigenvalue weighted by Crippen LogP contribution is 2.50. The fourth-order valence-electron chi connectivity index (χ4n) is 4.69. The summed E-state index contributed by atoms with van der Waals surface area (Å²) in [7, 11) is 2.10. The first-order valence-electron chi connectivity index (χ1n) is 8.63. The van der Waals surface area contributed by atoms with Gasteiger partial charge >= 0.3 is 0 Å². The van der Waals surface area contributed by atoms with Gasteiger partial charge in [0.05, 0.1) is 12.2 Å². The molecule has 1 saturated heterocycles. The minimum atomic E-state index is 0.281. The zero-order valence-electron chi connectivity index (χ0n) is 13.0. The topological polar surface area (TPSA) is 13.1 Å². The second kappa shape index (κ2) is 5.57. The van der Waals surface area contributed by atoms with Crippen molar-refractivity contribution in [3.05, 3.63) is 41.7 Å². The van der Waals surface area contributed by atoms with Crippen LogP contribution in [0.5, 0.6) is 0 Å². The molecule has 1 aromatic rings. The van der Waals surface area contributed by atoms with E-state index in [0.29, 0.717) is 12.0 Å². The molecule has 4 rings (SSSR count). The van der Waals surface area contributed by atoms with E-state index in [-0.39, 0.29) is 6.10 Å². The predicted molar refractivity (Wildman–Crippen MR) is 82.6 cm³/mol. The third-order valence-electron chi connectivity index (χ3n) is 5.64. The van der Waals surface area contributed by atoms with E-state index in [0.717, 1.165) is 5.92 Å². The van der Waals surface area contributed by atoms with E-state index in [1.54, 1.807) is 5.57 Å². The molecule has 2 heterocycles. The molecule has 2 aliphatic carbocycles. The molecule has 0 unspecified atom stereocenters. The summed E-state index contributed by atoms with van der Waals surface area (Å²) in [5.74, 6) is 1.35. The smallest absolute Gasteiger partial charge is 0.174 e. The van der Waals surface area contributed by atoms with Gasteiger partial charge in [0.15, 0.2) is 12.4 Å². The van der Waals surface area contributed by atoms with Crippen molar-refractivity contribution in [2.75, 3.05) is 0 Å². The summed E-state index contributed by atoms with van der Waals surface area (Å²) < 4.78 is 8.80. The Morgan fingerprint density at radius 3 is 2.86 bits per heavy atom. The predicted octanol–water partition coefficient (Wildman–Crippen LogP) is 3.87. The lowest BCUT2D eigenvalue weighted by molar-refractivity contribution is -0.672. The molecule has 21 heavy (non-hydrogen) atoms. The number of aryl methyl sites for hydroxylation is 1. The van der Waals surface area contributed by atoms with E-state index >= 15 is 0 Å². The van der Waals surface area contributed by atoms with Crippen molar-refractivity contribution in [2.45, 2.75) is 57.2 Å². The third-order valence-corrected chi connectivity index (χ3v) is 5.64. The monoisotopic (exact) mass is 284 g/mol. The molecule has 1 aliphatic heterocycles. The van der Waals surface area contributed by atoms with E-state index < -0.39 is 0 Å². The van der Waals surface area contributed by atoms with Crippen LogP contribution in [0.1, 0.15) is 56.6 Å². The molecular weight excluding hydrogens is 258 g/mol. The van der Waals surface area contributed by atoms with Crippen LogP contribution < -0.4 is 4.57 Å². The summed E-state index contributed by atoms with van der Waals surface area (Å²) in [6.45, 7) is 0. The Hall–Kier alpha value is -1.15.